The molecule has 16 bridgehead atoms. The van der Waals surface area contributed by atoms with Crippen molar-refractivity contribution in [3.63, 3.8) is 0 Å². The number of aromatic amines is 4. The van der Waals surface area contributed by atoms with Gasteiger partial charge in [-0.05, 0) is 193 Å². The molecule has 0 saturated carbocycles. The number of carboxylic acids is 3. The van der Waals surface area contributed by atoms with Gasteiger partial charge < -0.3 is 67.2 Å². The summed E-state index contributed by atoms with van der Waals surface area (Å²) < 4.78 is 0. The summed E-state index contributed by atoms with van der Waals surface area (Å²) in [5.74, 6) is -5.71. The summed E-state index contributed by atoms with van der Waals surface area (Å²) in [7, 11) is 0. The summed E-state index contributed by atoms with van der Waals surface area (Å²) in [5.41, 5.74) is 19.7. The number of carboxylic acid groups (broad SMARTS) is 3. The number of rotatable bonds is 36. The van der Waals surface area contributed by atoms with Gasteiger partial charge in [0.15, 0.2) is 0 Å². The van der Waals surface area contributed by atoms with E-state index in [1.54, 1.807) is 13.8 Å². The maximum Gasteiger partial charge on any atom is 0.338 e. The zero-order valence-electron chi connectivity index (χ0n) is 65.8. The first kappa shape index (κ1) is 81.4. The molecule has 4 aliphatic heterocycles. The molecule has 6 aromatic rings. The molecule has 580 valence electrons. The lowest BCUT2D eigenvalue weighted by molar-refractivity contribution is -0.137. The standard InChI is InChI=1S/C86H112N14O9/c1-15-21-30-87-33-35-90-76(102)37-61-81-59(50(11)67(97-81)39-63-46(7)55(17-3)71(93-63)41-65-48(9)57(19-5)73(95-65)43-69-52(13)79(85(106)107)83(61)99-69)26-28-75(101)92-54(45-89-31-22-16-2)25-23-24-32-88-34-36-91-77(103)38-62-82-60(27-29-78(104)105)51(12)68(98-82)40-64-47(8)56(18-4)72(94-64)42-66-49(10)58(20-6)74(96-66)44-70-53(14)80(86(108)109)84(62)100-70/h17-18,39-44,50-51,54,59-60,87-89,93-96H,3-4,15-16,19-38,45H2,1-2,5-14H3,(H,90,102)(H,91,103)(H,92,101)(H,104,105)(H,106,107)(H,108,109)/t50-,51-,54?,59-,60-/m0/s1. The molecule has 0 fully saturated rings. The second-order valence-electron chi connectivity index (χ2n) is 29.7. The van der Waals surface area contributed by atoms with Gasteiger partial charge in [0.2, 0.25) is 17.7 Å². The Balaban J connectivity index is 0.874. The van der Waals surface area contributed by atoms with Crippen molar-refractivity contribution in [2.24, 2.45) is 0 Å². The summed E-state index contributed by atoms with van der Waals surface area (Å²) in [6.07, 6.45) is 11.3. The van der Waals surface area contributed by atoms with Crippen molar-refractivity contribution in [3.05, 3.63) is 151 Å². The number of aliphatic carboxylic acids is 3. The Morgan fingerprint density at radius 3 is 1.32 bits per heavy atom. The number of H-pyrrole nitrogens is 4. The summed E-state index contributed by atoms with van der Waals surface area (Å²) >= 11 is 0. The molecular formula is C86H112N14O9. The molecule has 1 unspecified atom stereocenters. The van der Waals surface area contributed by atoms with Crippen LogP contribution in [0.2, 0.25) is 0 Å². The number of aryl methyl sites for hydroxylation is 6. The first-order valence-corrected chi connectivity index (χ1v) is 39.2. The molecule has 23 heteroatoms. The fourth-order valence-corrected chi connectivity index (χ4v) is 16.1. The van der Waals surface area contributed by atoms with Gasteiger partial charge in [0.1, 0.15) is 0 Å². The molecular weight excluding hydrogens is 1370 g/mol. The van der Waals surface area contributed by atoms with Gasteiger partial charge in [0.25, 0.3) is 0 Å². The number of hydrogen-bond acceptors (Lipinski definition) is 13. The molecule has 4 aliphatic rings. The molecule has 10 heterocycles. The molecule has 13 N–H and O–H groups in total. The Morgan fingerprint density at radius 2 is 0.899 bits per heavy atom. The third kappa shape index (κ3) is 18.5. The van der Waals surface area contributed by atoms with Crippen LogP contribution in [0.5, 0.6) is 0 Å². The van der Waals surface area contributed by atoms with Crippen LogP contribution in [0.1, 0.15) is 251 Å². The number of amides is 3. The number of nitrogens with zero attached hydrogens (tertiary/aromatic N) is 4. The van der Waals surface area contributed by atoms with Crippen molar-refractivity contribution in [3.8, 4) is 0 Å². The number of allylic oxidation sites excluding steroid dienone is 2. The second-order valence-corrected chi connectivity index (χ2v) is 29.7. The number of aromatic nitrogens is 8. The lowest BCUT2D eigenvalue weighted by Gasteiger charge is -2.22. The minimum Gasteiger partial charge on any atom is -0.481 e. The van der Waals surface area contributed by atoms with Crippen molar-refractivity contribution in [2.45, 2.75) is 209 Å². The maximum atomic E-state index is 14.6. The second kappa shape index (κ2) is 36.9. The number of nitrogens with one attached hydrogen (secondary N) is 10. The SMILES string of the molecule is C=Cc1c(C)c2cc3nc(c(CC(=O)NCCNCCCCC(CNCCCC)NC(=O)CC[C@@H]4c5nc(cc6[nH]c(cc7[nH]c(cc8nc(c5CC(=O)NCCNCCCC)C(C(=O)O)=C8C)c(CC)c7C)c(C=C)c6C)[C@H]4C)c4nc(cc5[nH]c(cc1[nH]2)c(C)c5CC)C(C)=C4C(=O)O)[C@@H](CCC(=O)O)[C@@H]3C. The Labute approximate surface area is 639 Å². The Morgan fingerprint density at radius 1 is 0.477 bits per heavy atom. The van der Waals surface area contributed by atoms with Gasteiger partial charge in [-0.3, -0.25) is 29.1 Å². The third-order valence-electron chi connectivity index (χ3n) is 22.5. The largest absolute Gasteiger partial charge is 0.481 e. The number of fused-ring (bicyclic) bond motifs is 16. The van der Waals surface area contributed by atoms with Crippen LogP contribution in [0.25, 0.3) is 78.6 Å². The van der Waals surface area contributed by atoms with Gasteiger partial charge in [0, 0.05) is 153 Å². The highest BCUT2D eigenvalue weighted by Gasteiger charge is 2.38. The predicted molar refractivity (Wildman–Crippen MR) is 436 cm³/mol. The summed E-state index contributed by atoms with van der Waals surface area (Å²) in [6, 6.07) is 11.7. The van der Waals surface area contributed by atoms with Crippen LogP contribution in [0.4, 0.5) is 0 Å². The lowest BCUT2D eigenvalue weighted by atomic mass is 9.84. The van der Waals surface area contributed by atoms with Crippen molar-refractivity contribution in [1.29, 1.82) is 0 Å². The van der Waals surface area contributed by atoms with Crippen LogP contribution in [-0.2, 0) is 54.5 Å². The zero-order valence-corrected chi connectivity index (χ0v) is 65.8. The van der Waals surface area contributed by atoms with Gasteiger partial charge in [-0.15, -0.1) is 0 Å². The van der Waals surface area contributed by atoms with E-state index in [2.05, 4.69) is 126 Å². The van der Waals surface area contributed by atoms with Gasteiger partial charge in [-0.2, -0.15) is 0 Å². The monoisotopic (exact) mass is 1480 g/mol. The van der Waals surface area contributed by atoms with E-state index in [1.165, 1.54) is 0 Å². The van der Waals surface area contributed by atoms with Gasteiger partial charge in [0.05, 0.1) is 58.2 Å². The molecule has 0 radical (unpaired) electrons. The molecule has 6 aromatic heterocycles. The molecule has 0 aliphatic carbocycles. The van der Waals surface area contributed by atoms with Crippen LogP contribution in [0.15, 0.2) is 49.6 Å². The lowest BCUT2D eigenvalue weighted by Crippen LogP contribution is -2.42. The minimum absolute atomic E-state index is 0.00291. The van der Waals surface area contributed by atoms with Crippen molar-refractivity contribution in [2.75, 3.05) is 52.4 Å². The van der Waals surface area contributed by atoms with Crippen LogP contribution < -0.4 is 31.9 Å². The normalized spacial score (nSPS) is 15.9. The van der Waals surface area contributed by atoms with Crippen molar-refractivity contribution >= 4 is 114 Å². The van der Waals surface area contributed by atoms with Crippen LogP contribution in [0, 0.1) is 27.7 Å². The van der Waals surface area contributed by atoms with E-state index in [0.29, 0.717) is 115 Å². The van der Waals surface area contributed by atoms with Gasteiger partial charge >= 0.3 is 17.9 Å². The van der Waals surface area contributed by atoms with E-state index in [-0.39, 0.29) is 96.8 Å². The van der Waals surface area contributed by atoms with Crippen molar-refractivity contribution in [1.82, 2.24) is 71.8 Å². The molecule has 0 aromatic carbocycles. The highest BCUT2D eigenvalue weighted by molar-refractivity contribution is 6.25. The van der Waals surface area contributed by atoms with Crippen molar-refractivity contribution < 1.29 is 44.1 Å². The minimum atomic E-state index is -1.21. The highest BCUT2D eigenvalue weighted by atomic mass is 16.4. The average Bonchev–Trinajstić information content (AvgIpc) is 1.61. The summed E-state index contributed by atoms with van der Waals surface area (Å²) in [4.78, 5) is 118. The first-order valence-electron chi connectivity index (χ1n) is 39.2. The number of carbonyl (C=O) groups is 6. The first-order chi connectivity index (χ1) is 52.3. The molecule has 5 atom stereocenters. The average molecular weight is 1490 g/mol. The smallest absolute Gasteiger partial charge is 0.338 e. The highest BCUT2D eigenvalue weighted by Crippen LogP contribution is 2.46. The quantitative estimate of drug-likeness (QED) is 0.0163. The Bertz CT molecular complexity index is 4930. The van der Waals surface area contributed by atoms with Crippen LogP contribution in [-0.4, -0.2) is 149 Å². The fourth-order valence-electron chi connectivity index (χ4n) is 16.1. The molecule has 0 saturated heterocycles. The Hall–Kier alpha value is -10.1. The van der Waals surface area contributed by atoms with E-state index in [1.807, 2.05) is 57.2 Å². The number of carbonyl (C=O) groups excluding carboxylic acids is 3. The van der Waals surface area contributed by atoms with E-state index in [4.69, 9.17) is 19.9 Å². The molecule has 3 amide bonds. The molecule has 23 nitrogen and oxygen atoms in total. The fraction of sp³-hybridized carbons (Fsp3) is 0.465. The van der Waals surface area contributed by atoms with E-state index in [9.17, 15) is 44.1 Å². The summed E-state index contributed by atoms with van der Waals surface area (Å²) in [5, 5.41) is 52.1. The Kier molecular flexibility index (Phi) is 27.5. The maximum absolute atomic E-state index is 14.6. The van der Waals surface area contributed by atoms with E-state index in [0.717, 1.165) is 140 Å². The summed E-state index contributed by atoms with van der Waals surface area (Å²) in [6.45, 7) is 36.9. The van der Waals surface area contributed by atoms with Gasteiger partial charge in [-0.1, -0.05) is 86.1 Å². The predicted octanol–water partition coefficient (Wildman–Crippen LogP) is 14.1. The molecule has 109 heavy (non-hydrogen) atoms. The van der Waals surface area contributed by atoms with Crippen LogP contribution in [0.3, 0.4) is 0 Å². The van der Waals surface area contributed by atoms with E-state index < -0.39 is 29.7 Å². The molecule has 0 spiro atoms. The molecule has 10 rings (SSSR count). The number of hydrogen-bond donors (Lipinski definition) is 13. The van der Waals surface area contributed by atoms with E-state index >= 15 is 0 Å². The number of unbranched alkanes of at least 4 members (excludes halogenated alkanes) is 3. The topological polar surface area (TPSA) is 350 Å². The third-order valence-corrected chi connectivity index (χ3v) is 22.5. The van der Waals surface area contributed by atoms with Gasteiger partial charge in [-0.25, -0.2) is 19.6 Å². The van der Waals surface area contributed by atoms with Crippen LogP contribution >= 0.6 is 0 Å². The zero-order chi connectivity index (χ0) is 78.5.